The van der Waals surface area contributed by atoms with Crippen LogP contribution in [0.5, 0.6) is 0 Å². The summed E-state index contributed by atoms with van der Waals surface area (Å²) in [4.78, 5) is 27.1. The molecule has 0 spiro atoms. The van der Waals surface area contributed by atoms with Crippen molar-refractivity contribution in [1.82, 2.24) is 10.2 Å². The van der Waals surface area contributed by atoms with Gasteiger partial charge < -0.3 is 10.2 Å². The van der Waals surface area contributed by atoms with Crippen molar-refractivity contribution in [2.75, 3.05) is 13.1 Å². The van der Waals surface area contributed by atoms with Crippen LogP contribution in [0.3, 0.4) is 0 Å². The molecule has 1 heterocycles. The molecule has 1 saturated heterocycles. The molecule has 26 heavy (non-hydrogen) atoms. The summed E-state index contributed by atoms with van der Waals surface area (Å²) in [6, 6.07) is 7.88. The number of unbranched alkanes of at least 4 members (excludes halogenated alkanes) is 3. The molecule has 1 aliphatic rings. The lowest BCUT2D eigenvalue weighted by Gasteiger charge is -2.32. The number of amides is 2. The molecule has 144 valence electrons. The second-order valence-electron chi connectivity index (χ2n) is 7.72. The number of aryl methyl sites for hydroxylation is 1. The summed E-state index contributed by atoms with van der Waals surface area (Å²) < 4.78 is 0. The summed E-state index contributed by atoms with van der Waals surface area (Å²) >= 11 is 0. The second-order valence-corrected chi connectivity index (χ2v) is 7.72. The van der Waals surface area contributed by atoms with E-state index in [1.54, 1.807) is 0 Å². The fraction of sp³-hybridized carbons (Fsp3) is 0.636. The van der Waals surface area contributed by atoms with Crippen LogP contribution in [0.2, 0.25) is 0 Å². The largest absolute Gasteiger partial charge is 0.353 e. The van der Waals surface area contributed by atoms with Crippen LogP contribution in [0.1, 0.15) is 74.7 Å². The van der Waals surface area contributed by atoms with Gasteiger partial charge in [0.25, 0.3) is 5.91 Å². The minimum Gasteiger partial charge on any atom is -0.353 e. The Hall–Kier alpha value is -1.84. The van der Waals surface area contributed by atoms with Gasteiger partial charge in [-0.3, -0.25) is 9.59 Å². The number of piperidine rings is 1. The van der Waals surface area contributed by atoms with Gasteiger partial charge in [0, 0.05) is 24.7 Å². The molecule has 0 saturated carbocycles. The molecular formula is C22H34N2O2. The number of nitrogens with zero attached hydrogens (tertiary/aromatic N) is 1. The number of likely N-dealkylation sites (tertiary alicyclic amines) is 1. The van der Waals surface area contributed by atoms with Crippen LogP contribution in [-0.2, 0) is 4.79 Å². The van der Waals surface area contributed by atoms with Gasteiger partial charge in [0.1, 0.15) is 0 Å². The zero-order chi connectivity index (χ0) is 18.9. The highest BCUT2D eigenvalue weighted by Crippen LogP contribution is 2.19. The van der Waals surface area contributed by atoms with Crippen LogP contribution >= 0.6 is 0 Å². The van der Waals surface area contributed by atoms with E-state index >= 15 is 0 Å². The van der Waals surface area contributed by atoms with Crippen LogP contribution in [-0.4, -0.2) is 35.8 Å². The maximum atomic E-state index is 12.7. The number of nitrogens with one attached hydrogen (secondary N) is 1. The molecule has 1 aliphatic heterocycles. The Morgan fingerprint density at radius 2 is 1.92 bits per heavy atom. The Labute approximate surface area is 158 Å². The number of rotatable bonds is 8. The van der Waals surface area contributed by atoms with E-state index in [0.717, 1.165) is 37.8 Å². The molecule has 4 nitrogen and oxygen atoms in total. The number of carbonyl (C=O) groups excluding carboxylic acids is 2. The third kappa shape index (κ3) is 6.15. The number of carbonyl (C=O) groups is 2. The van der Waals surface area contributed by atoms with Gasteiger partial charge in [-0.15, -0.1) is 0 Å². The van der Waals surface area contributed by atoms with E-state index in [9.17, 15) is 9.59 Å². The van der Waals surface area contributed by atoms with E-state index in [4.69, 9.17) is 0 Å². The Kier molecular flexibility index (Phi) is 8.14. The SMILES string of the molecule is CCCCCCC(C)NC(=O)C1CCCN(C(=O)c2ccc(C)cc2)C1. The standard InChI is InChI=1S/C22H34N2O2/c1-4-5-6-7-9-18(3)23-21(25)20-10-8-15-24(16-20)22(26)19-13-11-17(2)12-14-19/h11-14,18,20H,4-10,15-16H2,1-3H3,(H,23,25). The van der Waals surface area contributed by atoms with Crippen molar-refractivity contribution in [2.45, 2.75) is 71.8 Å². The number of hydrogen-bond acceptors (Lipinski definition) is 2. The first kappa shape index (κ1) is 20.5. The van der Waals surface area contributed by atoms with Crippen molar-refractivity contribution in [2.24, 2.45) is 5.92 Å². The Morgan fingerprint density at radius 1 is 1.19 bits per heavy atom. The second kappa shape index (κ2) is 10.3. The van der Waals surface area contributed by atoms with Crippen LogP contribution in [0.4, 0.5) is 0 Å². The smallest absolute Gasteiger partial charge is 0.253 e. The van der Waals surface area contributed by atoms with Crippen molar-refractivity contribution in [1.29, 1.82) is 0 Å². The van der Waals surface area contributed by atoms with Crippen LogP contribution in [0, 0.1) is 12.8 Å². The van der Waals surface area contributed by atoms with Gasteiger partial charge in [-0.2, -0.15) is 0 Å². The summed E-state index contributed by atoms with van der Waals surface area (Å²) in [6.45, 7) is 7.57. The van der Waals surface area contributed by atoms with Gasteiger partial charge in [0.2, 0.25) is 5.91 Å². The molecule has 4 heteroatoms. The van der Waals surface area contributed by atoms with Crippen LogP contribution in [0.15, 0.2) is 24.3 Å². The maximum Gasteiger partial charge on any atom is 0.253 e. The van der Waals surface area contributed by atoms with Crippen molar-refractivity contribution in [3.05, 3.63) is 35.4 Å². The van der Waals surface area contributed by atoms with Gasteiger partial charge in [-0.25, -0.2) is 0 Å². The molecular weight excluding hydrogens is 324 g/mol. The third-order valence-electron chi connectivity index (χ3n) is 5.26. The van der Waals surface area contributed by atoms with E-state index in [0.29, 0.717) is 12.1 Å². The fourth-order valence-corrected chi connectivity index (χ4v) is 3.56. The van der Waals surface area contributed by atoms with Crippen molar-refractivity contribution < 1.29 is 9.59 Å². The molecule has 0 bridgehead atoms. The quantitative estimate of drug-likeness (QED) is 0.704. The highest BCUT2D eigenvalue weighted by atomic mass is 16.2. The normalized spacial score (nSPS) is 18.4. The Bertz CT molecular complexity index is 582. The molecule has 1 aromatic rings. The lowest BCUT2D eigenvalue weighted by atomic mass is 9.95. The highest BCUT2D eigenvalue weighted by molar-refractivity contribution is 5.94. The zero-order valence-electron chi connectivity index (χ0n) is 16.6. The molecule has 1 aromatic carbocycles. The summed E-state index contributed by atoms with van der Waals surface area (Å²) in [5.74, 6) is 0.0563. The molecule has 2 rings (SSSR count). The molecule has 0 aromatic heterocycles. The average molecular weight is 359 g/mol. The molecule has 2 atom stereocenters. The van der Waals surface area contributed by atoms with Gasteiger partial charge in [0.15, 0.2) is 0 Å². The molecule has 1 fully saturated rings. The predicted octanol–water partition coefficient (Wildman–Crippen LogP) is 4.32. The minimum absolute atomic E-state index is 0.0371. The van der Waals surface area contributed by atoms with E-state index in [1.165, 1.54) is 19.3 Å². The van der Waals surface area contributed by atoms with E-state index in [1.807, 2.05) is 36.1 Å². The van der Waals surface area contributed by atoms with E-state index in [-0.39, 0.29) is 23.8 Å². The molecule has 1 N–H and O–H groups in total. The van der Waals surface area contributed by atoms with Crippen molar-refractivity contribution in [3.63, 3.8) is 0 Å². The zero-order valence-corrected chi connectivity index (χ0v) is 16.6. The first-order valence-electron chi connectivity index (χ1n) is 10.2. The van der Waals surface area contributed by atoms with Gasteiger partial charge in [0.05, 0.1) is 5.92 Å². The molecule has 2 amide bonds. The van der Waals surface area contributed by atoms with Gasteiger partial charge >= 0.3 is 0 Å². The minimum atomic E-state index is -0.0868. The maximum absolute atomic E-state index is 12.7. The summed E-state index contributed by atoms with van der Waals surface area (Å²) in [5, 5.41) is 3.16. The summed E-state index contributed by atoms with van der Waals surface area (Å²) in [6.07, 6.45) is 7.68. The van der Waals surface area contributed by atoms with Gasteiger partial charge in [-0.1, -0.05) is 50.3 Å². The summed E-state index contributed by atoms with van der Waals surface area (Å²) in [5.41, 5.74) is 1.85. The van der Waals surface area contributed by atoms with Crippen molar-refractivity contribution in [3.8, 4) is 0 Å². The first-order valence-corrected chi connectivity index (χ1v) is 10.2. The summed E-state index contributed by atoms with van der Waals surface area (Å²) in [7, 11) is 0. The molecule has 0 aliphatic carbocycles. The Morgan fingerprint density at radius 3 is 2.62 bits per heavy atom. The molecule has 0 radical (unpaired) electrons. The highest BCUT2D eigenvalue weighted by Gasteiger charge is 2.29. The first-order chi connectivity index (χ1) is 12.5. The van der Waals surface area contributed by atoms with Crippen molar-refractivity contribution >= 4 is 11.8 Å². The van der Waals surface area contributed by atoms with E-state index in [2.05, 4.69) is 19.2 Å². The van der Waals surface area contributed by atoms with Crippen LogP contribution in [0.25, 0.3) is 0 Å². The fourth-order valence-electron chi connectivity index (χ4n) is 3.56. The average Bonchev–Trinajstić information content (AvgIpc) is 2.65. The lowest BCUT2D eigenvalue weighted by molar-refractivity contribution is -0.127. The van der Waals surface area contributed by atoms with Gasteiger partial charge in [-0.05, 0) is 45.2 Å². The number of hydrogen-bond donors (Lipinski definition) is 1. The predicted molar refractivity (Wildman–Crippen MR) is 106 cm³/mol. The van der Waals surface area contributed by atoms with E-state index < -0.39 is 0 Å². The molecule has 2 unspecified atom stereocenters. The Balaban J connectivity index is 1.83. The topological polar surface area (TPSA) is 49.4 Å². The van der Waals surface area contributed by atoms with Crippen LogP contribution < -0.4 is 5.32 Å². The lowest BCUT2D eigenvalue weighted by Crippen LogP contribution is -2.47. The number of benzene rings is 1. The third-order valence-corrected chi connectivity index (χ3v) is 5.26. The monoisotopic (exact) mass is 358 g/mol.